The van der Waals surface area contributed by atoms with Gasteiger partial charge in [-0.2, -0.15) is 18.3 Å². The standard InChI is InChI=1S/C11H15BrF3N3O2S/c1-7(3-4-21(2)20)17-8-5-16-18(6-11(13,14)15)10(19)9(8)12/h5,7,17H,3-4,6H2,1-2H3. The van der Waals surface area contributed by atoms with Crippen LogP contribution in [0.15, 0.2) is 15.5 Å². The van der Waals surface area contributed by atoms with E-state index in [1.54, 1.807) is 6.26 Å². The molecule has 1 heterocycles. The highest BCUT2D eigenvalue weighted by Gasteiger charge is 2.29. The fraction of sp³-hybridized carbons (Fsp3) is 0.636. The Balaban J connectivity index is 2.85. The molecular formula is C11H15BrF3N3O2S. The second-order valence-corrected chi connectivity index (χ2v) is 6.91. The van der Waals surface area contributed by atoms with Crippen LogP contribution in [0.5, 0.6) is 0 Å². The fourth-order valence-electron chi connectivity index (χ4n) is 1.53. The molecule has 0 saturated heterocycles. The molecule has 0 amide bonds. The summed E-state index contributed by atoms with van der Waals surface area (Å²) < 4.78 is 48.2. The van der Waals surface area contributed by atoms with Gasteiger partial charge in [-0.25, -0.2) is 4.68 Å². The third-order valence-electron chi connectivity index (χ3n) is 2.55. The maximum atomic E-state index is 12.3. The van der Waals surface area contributed by atoms with E-state index in [9.17, 15) is 22.2 Å². The van der Waals surface area contributed by atoms with E-state index in [1.165, 1.54) is 0 Å². The van der Waals surface area contributed by atoms with Crippen molar-refractivity contribution < 1.29 is 17.4 Å². The molecular weight excluding hydrogens is 375 g/mol. The SMILES string of the molecule is CC(CCS(C)=O)Nc1cnn(CC(F)(F)F)c(=O)c1Br. The highest BCUT2D eigenvalue weighted by atomic mass is 79.9. The Morgan fingerprint density at radius 2 is 2.14 bits per heavy atom. The minimum Gasteiger partial charge on any atom is -0.380 e. The number of anilines is 1. The van der Waals surface area contributed by atoms with Gasteiger partial charge in [-0.05, 0) is 29.3 Å². The summed E-state index contributed by atoms with van der Waals surface area (Å²) in [6, 6.07) is -0.0927. The fourth-order valence-corrected chi connectivity index (χ4v) is 2.64. The Kier molecular flexibility index (Phi) is 6.39. The summed E-state index contributed by atoms with van der Waals surface area (Å²) >= 11 is 2.98. The van der Waals surface area contributed by atoms with Gasteiger partial charge in [0, 0.05) is 28.9 Å². The molecule has 5 nitrogen and oxygen atoms in total. The molecule has 0 radical (unpaired) electrons. The van der Waals surface area contributed by atoms with E-state index in [2.05, 4.69) is 26.3 Å². The lowest BCUT2D eigenvalue weighted by Gasteiger charge is -2.16. The van der Waals surface area contributed by atoms with Gasteiger partial charge in [-0.1, -0.05) is 0 Å². The quantitative estimate of drug-likeness (QED) is 0.809. The highest BCUT2D eigenvalue weighted by molar-refractivity contribution is 9.10. The number of nitrogens with zero attached hydrogens (tertiary/aromatic N) is 2. The average molecular weight is 390 g/mol. The summed E-state index contributed by atoms with van der Waals surface area (Å²) in [5, 5.41) is 6.46. The van der Waals surface area contributed by atoms with E-state index >= 15 is 0 Å². The number of nitrogens with one attached hydrogen (secondary N) is 1. The first-order valence-electron chi connectivity index (χ1n) is 5.99. The molecule has 0 aromatic carbocycles. The summed E-state index contributed by atoms with van der Waals surface area (Å²) in [5.41, 5.74) is -0.545. The summed E-state index contributed by atoms with van der Waals surface area (Å²) in [6.45, 7) is 0.385. The summed E-state index contributed by atoms with van der Waals surface area (Å²) in [4.78, 5) is 11.8. The Morgan fingerprint density at radius 3 is 2.67 bits per heavy atom. The number of hydrogen-bond acceptors (Lipinski definition) is 4. The summed E-state index contributed by atoms with van der Waals surface area (Å²) in [6.07, 6.45) is -1.16. The van der Waals surface area contributed by atoms with Crippen LogP contribution >= 0.6 is 15.9 Å². The molecule has 120 valence electrons. The van der Waals surface area contributed by atoms with Gasteiger partial charge in [-0.3, -0.25) is 9.00 Å². The van der Waals surface area contributed by atoms with Crippen molar-refractivity contribution in [2.45, 2.75) is 32.1 Å². The van der Waals surface area contributed by atoms with Crippen molar-refractivity contribution in [3.63, 3.8) is 0 Å². The molecule has 0 saturated carbocycles. The van der Waals surface area contributed by atoms with Gasteiger partial charge in [0.1, 0.15) is 11.0 Å². The molecule has 2 unspecified atom stereocenters. The second kappa shape index (κ2) is 7.39. The first-order valence-corrected chi connectivity index (χ1v) is 8.51. The van der Waals surface area contributed by atoms with Crippen LogP contribution in [0.2, 0.25) is 0 Å². The van der Waals surface area contributed by atoms with Gasteiger partial charge >= 0.3 is 6.18 Å². The molecule has 2 atom stereocenters. The van der Waals surface area contributed by atoms with E-state index in [0.29, 0.717) is 22.5 Å². The number of aromatic nitrogens is 2. The molecule has 21 heavy (non-hydrogen) atoms. The zero-order chi connectivity index (χ0) is 16.2. The maximum absolute atomic E-state index is 12.3. The molecule has 1 aromatic rings. The molecule has 0 aliphatic rings. The van der Waals surface area contributed by atoms with Crippen molar-refractivity contribution in [2.24, 2.45) is 0 Å². The Morgan fingerprint density at radius 1 is 1.52 bits per heavy atom. The monoisotopic (exact) mass is 389 g/mol. The van der Waals surface area contributed by atoms with E-state index in [-0.39, 0.29) is 10.5 Å². The highest BCUT2D eigenvalue weighted by Crippen LogP contribution is 2.20. The Labute approximate surface area is 130 Å². The predicted octanol–water partition coefficient (Wildman–Crippen LogP) is 2.14. The Hall–Kier alpha value is -0.900. The van der Waals surface area contributed by atoms with Crippen LogP contribution in [0.3, 0.4) is 0 Å². The number of rotatable bonds is 6. The molecule has 10 heteroatoms. The van der Waals surface area contributed by atoms with Crippen LogP contribution in [-0.4, -0.2) is 38.2 Å². The van der Waals surface area contributed by atoms with Crippen molar-refractivity contribution in [1.82, 2.24) is 9.78 Å². The third kappa shape index (κ3) is 6.16. The lowest BCUT2D eigenvalue weighted by Crippen LogP contribution is -2.31. The van der Waals surface area contributed by atoms with Crippen LogP contribution in [0.1, 0.15) is 13.3 Å². The van der Waals surface area contributed by atoms with Gasteiger partial charge in [-0.15, -0.1) is 0 Å². The van der Waals surface area contributed by atoms with E-state index in [4.69, 9.17) is 0 Å². The maximum Gasteiger partial charge on any atom is 0.408 e. The minimum absolute atomic E-state index is 0.00813. The van der Waals surface area contributed by atoms with E-state index in [1.807, 2.05) is 6.92 Å². The Bertz CT molecular complexity index is 577. The average Bonchev–Trinajstić information content (AvgIpc) is 2.34. The van der Waals surface area contributed by atoms with Crippen molar-refractivity contribution >= 4 is 32.4 Å². The topological polar surface area (TPSA) is 64.0 Å². The van der Waals surface area contributed by atoms with Gasteiger partial charge < -0.3 is 5.32 Å². The van der Waals surface area contributed by atoms with E-state index < -0.39 is 29.1 Å². The number of halogens is 4. The van der Waals surface area contributed by atoms with Gasteiger partial charge in [0.2, 0.25) is 0 Å². The molecule has 0 fully saturated rings. The van der Waals surface area contributed by atoms with Crippen molar-refractivity contribution in [1.29, 1.82) is 0 Å². The van der Waals surface area contributed by atoms with Crippen LogP contribution in [0.4, 0.5) is 18.9 Å². The number of hydrogen-bond donors (Lipinski definition) is 1. The zero-order valence-electron chi connectivity index (χ0n) is 11.4. The molecule has 1 aromatic heterocycles. The molecule has 1 N–H and O–H groups in total. The number of alkyl halides is 3. The first-order chi connectivity index (χ1) is 9.60. The van der Waals surface area contributed by atoms with Crippen LogP contribution in [0.25, 0.3) is 0 Å². The van der Waals surface area contributed by atoms with Crippen LogP contribution in [-0.2, 0) is 17.3 Å². The minimum atomic E-state index is -4.51. The van der Waals surface area contributed by atoms with Gasteiger partial charge in [0.15, 0.2) is 0 Å². The lowest BCUT2D eigenvalue weighted by atomic mass is 10.2. The van der Waals surface area contributed by atoms with Crippen LogP contribution in [0, 0.1) is 0 Å². The predicted molar refractivity (Wildman–Crippen MR) is 78.9 cm³/mol. The molecule has 0 aliphatic heterocycles. The summed E-state index contributed by atoms with van der Waals surface area (Å²) in [5.74, 6) is 0.490. The van der Waals surface area contributed by atoms with E-state index in [0.717, 1.165) is 6.20 Å². The zero-order valence-corrected chi connectivity index (χ0v) is 13.8. The van der Waals surface area contributed by atoms with Crippen molar-refractivity contribution in [3.05, 3.63) is 21.0 Å². The second-order valence-electron chi connectivity index (χ2n) is 4.56. The first kappa shape index (κ1) is 18.1. The molecule has 1 rings (SSSR count). The molecule has 0 spiro atoms. The van der Waals surface area contributed by atoms with Gasteiger partial charge in [0.25, 0.3) is 5.56 Å². The molecule has 0 aliphatic carbocycles. The summed E-state index contributed by atoms with van der Waals surface area (Å²) in [7, 11) is -0.927. The van der Waals surface area contributed by atoms with Crippen molar-refractivity contribution in [3.8, 4) is 0 Å². The largest absolute Gasteiger partial charge is 0.408 e. The van der Waals surface area contributed by atoms with Crippen LogP contribution < -0.4 is 10.9 Å². The van der Waals surface area contributed by atoms with Gasteiger partial charge in [0.05, 0.1) is 11.9 Å². The third-order valence-corrected chi connectivity index (χ3v) is 4.13. The normalized spacial score (nSPS) is 14.8. The smallest absolute Gasteiger partial charge is 0.380 e. The molecule has 0 bridgehead atoms. The lowest BCUT2D eigenvalue weighted by molar-refractivity contribution is -0.143. The van der Waals surface area contributed by atoms with Crippen molar-refractivity contribution in [2.75, 3.05) is 17.3 Å².